The molecule has 0 saturated carbocycles. The summed E-state index contributed by atoms with van der Waals surface area (Å²) in [6.07, 6.45) is 0.803. The van der Waals surface area contributed by atoms with Crippen LogP contribution in [0.2, 0.25) is 0 Å². The molecular formula is C5H10O3. The summed E-state index contributed by atoms with van der Waals surface area (Å²) >= 11 is 0. The summed E-state index contributed by atoms with van der Waals surface area (Å²) in [5, 5.41) is 16.7. The van der Waals surface area contributed by atoms with Crippen molar-refractivity contribution in [3.8, 4) is 0 Å². The molecule has 0 amide bonds. The Bertz CT molecular complexity index is 74.1. The van der Waals surface area contributed by atoms with E-state index >= 15 is 0 Å². The van der Waals surface area contributed by atoms with Gasteiger partial charge in [0, 0.05) is 6.61 Å². The van der Waals surface area contributed by atoms with Crippen LogP contribution in [0.5, 0.6) is 0 Å². The van der Waals surface area contributed by atoms with Gasteiger partial charge in [-0.1, -0.05) is 0 Å². The minimum Gasteiger partial charge on any atom is -0.396 e. The Balaban J connectivity index is 1.99. The van der Waals surface area contributed by atoms with Crippen molar-refractivity contribution < 1.29 is 14.9 Å². The zero-order chi connectivity index (χ0) is 5.98. The molecule has 1 heterocycles. The van der Waals surface area contributed by atoms with Gasteiger partial charge in [-0.2, -0.15) is 0 Å². The third kappa shape index (κ3) is 1.18. The van der Waals surface area contributed by atoms with Gasteiger partial charge in [-0.15, -0.1) is 0 Å². The monoisotopic (exact) mass is 118 g/mol. The highest BCUT2D eigenvalue weighted by Crippen LogP contribution is 2.23. The molecule has 3 nitrogen and oxygen atoms in total. The van der Waals surface area contributed by atoms with E-state index in [-0.39, 0.29) is 25.4 Å². The van der Waals surface area contributed by atoms with Crippen LogP contribution in [0.4, 0.5) is 0 Å². The lowest BCUT2D eigenvalue weighted by atomic mass is 10.2. The number of aliphatic hydroxyl groups is 2. The Morgan fingerprint density at radius 1 is 1.25 bits per heavy atom. The van der Waals surface area contributed by atoms with Crippen molar-refractivity contribution >= 4 is 0 Å². The summed E-state index contributed by atoms with van der Waals surface area (Å²) in [4.78, 5) is 0. The van der Waals surface area contributed by atoms with Crippen molar-refractivity contribution in [3.63, 3.8) is 0 Å². The van der Waals surface area contributed by atoms with Crippen LogP contribution in [-0.4, -0.2) is 35.6 Å². The standard InChI is InChI=1S/C5H10O3/c6-2-1-4-5(3-7)8-4/h4-7H,1-3H2/t4?,5-/m1/s1. The lowest BCUT2D eigenvalue weighted by Gasteiger charge is -1.83. The first-order valence-electron chi connectivity index (χ1n) is 2.75. The van der Waals surface area contributed by atoms with Gasteiger partial charge in [-0.3, -0.25) is 0 Å². The lowest BCUT2D eigenvalue weighted by Crippen LogP contribution is -2.00. The van der Waals surface area contributed by atoms with Crippen LogP contribution in [0.15, 0.2) is 0 Å². The maximum Gasteiger partial charge on any atom is 0.107 e. The van der Waals surface area contributed by atoms with Crippen LogP contribution in [0.3, 0.4) is 0 Å². The van der Waals surface area contributed by atoms with Gasteiger partial charge in [0.1, 0.15) is 6.10 Å². The van der Waals surface area contributed by atoms with Crippen LogP contribution in [0.1, 0.15) is 6.42 Å². The van der Waals surface area contributed by atoms with Crippen molar-refractivity contribution in [1.82, 2.24) is 0 Å². The van der Waals surface area contributed by atoms with E-state index in [9.17, 15) is 0 Å². The summed E-state index contributed by atoms with van der Waals surface area (Å²) in [5.74, 6) is 0. The summed E-state index contributed by atoms with van der Waals surface area (Å²) < 4.78 is 4.90. The van der Waals surface area contributed by atoms with E-state index in [1.165, 1.54) is 0 Å². The molecule has 8 heavy (non-hydrogen) atoms. The molecule has 0 aromatic carbocycles. The minimum absolute atomic E-state index is 0.0159. The van der Waals surface area contributed by atoms with E-state index in [1.54, 1.807) is 0 Å². The molecule has 3 heteroatoms. The Morgan fingerprint density at radius 3 is 2.38 bits per heavy atom. The Morgan fingerprint density at radius 2 is 2.00 bits per heavy atom. The molecule has 0 aliphatic carbocycles. The third-order valence-corrected chi connectivity index (χ3v) is 1.28. The second-order valence-corrected chi connectivity index (χ2v) is 1.91. The number of hydrogen-bond acceptors (Lipinski definition) is 3. The number of rotatable bonds is 3. The Labute approximate surface area is 47.9 Å². The zero-order valence-electron chi connectivity index (χ0n) is 4.58. The molecule has 0 radical (unpaired) electrons. The molecule has 1 fully saturated rings. The molecular weight excluding hydrogens is 108 g/mol. The molecule has 2 atom stereocenters. The first-order chi connectivity index (χ1) is 3.88. The van der Waals surface area contributed by atoms with Crippen LogP contribution in [0.25, 0.3) is 0 Å². The number of hydrogen-bond donors (Lipinski definition) is 2. The highest BCUT2D eigenvalue weighted by Gasteiger charge is 2.36. The zero-order valence-corrected chi connectivity index (χ0v) is 4.58. The van der Waals surface area contributed by atoms with E-state index in [0.29, 0.717) is 6.42 Å². The van der Waals surface area contributed by atoms with E-state index in [4.69, 9.17) is 14.9 Å². The first kappa shape index (κ1) is 6.01. The molecule has 48 valence electrons. The summed E-state index contributed by atoms with van der Waals surface area (Å²) in [7, 11) is 0. The summed E-state index contributed by atoms with van der Waals surface area (Å²) in [6, 6.07) is 0. The second-order valence-electron chi connectivity index (χ2n) is 1.91. The maximum atomic E-state index is 8.40. The van der Waals surface area contributed by atoms with Gasteiger partial charge < -0.3 is 14.9 Å². The lowest BCUT2D eigenvalue weighted by molar-refractivity contribution is 0.236. The summed E-state index contributed by atoms with van der Waals surface area (Å²) in [6.45, 7) is 0.242. The fourth-order valence-electron chi connectivity index (χ4n) is 0.721. The van der Waals surface area contributed by atoms with Gasteiger partial charge in [-0.05, 0) is 6.42 Å². The SMILES string of the molecule is OCCC1O[C@@H]1CO. The van der Waals surface area contributed by atoms with E-state index in [2.05, 4.69) is 0 Å². The Hall–Kier alpha value is -0.120. The van der Waals surface area contributed by atoms with E-state index in [1.807, 2.05) is 0 Å². The van der Waals surface area contributed by atoms with Crippen molar-refractivity contribution in [1.29, 1.82) is 0 Å². The molecule has 1 saturated heterocycles. The van der Waals surface area contributed by atoms with E-state index in [0.717, 1.165) is 0 Å². The molecule has 1 unspecified atom stereocenters. The molecule has 0 bridgehead atoms. The van der Waals surface area contributed by atoms with E-state index < -0.39 is 0 Å². The average Bonchev–Trinajstić information content (AvgIpc) is 2.48. The van der Waals surface area contributed by atoms with Gasteiger partial charge in [0.05, 0.1) is 12.7 Å². The van der Waals surface area contributed by atoms with Crippen LogP contribution in [-0.2, 0) is 4.74 Å². The molecule has 0 aromatic heterocycles. The largest absolute Gasteiger partial charge is 0.396 e. The highest BCUT2D eigenvalue weighted by atomic mass is 16.6. The molecule has 0 aromatic rings. The number of ether oxygens (including phenoxy) is 1. The van der Waals surface area contributed by atoms with Crippen molar-refractivity contribution in [2.45, 2.75) is 18.6 Å². The second kappa shape index (κ2) is 2.44. The normalized spacial score (nSPS) is 35.2. The minimum atomic E-state index is 0.0159. The topological polar surface area (TPSA) is 53.0 Å². The van der Waals surface area contributed by atoms with Gasteiger partial charge >= 0.3 is 0 Å². The molecule has 2 N–H and O–H groups in total. The van der Waals surface area contributed by atoms with Crippen LogP contribution < -0.4 is 0 Å². The maximum absolute atomic E-state index is 8.40. The van der Waals surface area contributed by atoms with Crippen molar-refractivity contribution in [3.05, 3.63) is 0 Å². The molecule has 1 aliphatic heterocycles. The van der Waals surface area contributed by atoms with Gasteiger partial charge in [0.2, 0.25) is 0 Å². The fraction of sp³-hybridized carbons (Fsp3) is 1.00. The van der Waals surface area contributed by atoms with Crippen molar-refractivity contribution in [2.75, 3.05) is 13.2 Å². The number of epoxide rings is 1. The van der Waals surface area contributed by atoms with Crippen LogP contribution >= 0.6 is 0 Å². The predicted octanol–water partition coefficient (Wildman–Crippen LogP) is -0.872. The summed E-state index contributed by atoms with van der Waals surface area (Å²) in [5.41, 5.74) is 0. The molecule has 1 rings (SSSR count). The first-order valence-corrected chi connectivity index (χ1v) is 2.75. The van der Waals surface area contributed by atoms with Crippen LogP contribution in [0, 0.1) is 0 Å². The third-order valence-electron chi connectivity index (χ3n) is 1.28. The van der Waals surface area contributed by atoms with Gasteiger partial charge in [0.25, 0.3) is 0 Å². The van der Waals surface area contributed by atoms with Crippen molar-refractivity contribution in [2.24, 2.45) is 0 Å². The van der Waals surface area contributed by atoms with Gasteiger partial charge in [-0.25, -0.2) is 0 Å². The smallest absolute Gasteiger partial charge is 0.107 e. The Kier molecular flexibility index (Phi) is 1.83. The highest BCUT2D eigenvalue weighted by molar-refractivity contribution is 4.83. The molecule has 1 aliphatic rings. The van der Waals surface area contributed by atoms with Gasteiger partial charge in [0.15, 0.2) is 0 Å². The number of aliphatic hydroxyl groups excluding tert-OH is 2. The fourth-order valence-corrected chi connectivity index (χ4v) is 0.721. The predicted molar refractivity (Wildman–Crippen MR) is 27.4 cm³/mol. The molecule has 0 spiro atoms. The average molecular weight is 118 g/mol. The quantitative estimate of drug-likeness (QED) is 0.473.